The lowest BCUT2D eigenvalue weighted by molar-refractivity contribution is -0.122. The normalized spacial score (nSPS) is 23.4. The van der Waals surface area contributed by atoms with Crippen molar-refractivity contribution in [2.24, 2.45) is 23.7 Å². The van der Waals surface area contributed by atoms with Gasteiger partial charge in [-0.2, -0.15) is 0 Å². The number of anilines is 1. The Kier molecular flexibility index (Phi) is 5.60. The number of ether oxygens (including phenoxy) is 3. The molecule has 2 aliphatic carbocycles. The summed E-state index contributed by atoms with van der Waals surface area (Å²) in [5, 5.41) is 0. The number of fused-ring (bicyclic) bond motifs is 5. The minimum atomic E-state index is -0.421. The first-order valence-electron chi connectivity index (χ1n) is 12.3. The van der Waals surface area contributed by atoms with Gasteiger partial charge >= 0.3 is 0 Å². The maximum Gasteiger partial charge on any atom is 0.238 e. The van der Waals surface area contributed by atoms with Crippen molar-refractivity contribution in [1.29, 1.82) is 0 Å². The molecule has 1 saturated carbocycles. The molecular weight excluding hydrogens is 466 g/mol. The summed E-state index contributed by atoms with van der Waals surface area (Å²) in [5.74, 6) is 0.701. The van der Waals surface area contributed by atoms with Crippen LogP contribution in [0.1, 0.15) is 11.1 Å². The Labute approximate surface area is 215 Å². The molecule has 2 fully saturated rings. The summed E-state index contributed by atoms with van der Waals surface area (Å²) in [5.41, 5.74) is 4.76. The number of imide groups is 1. The van der Waals surface area contributed by atoms with Gasteiger partial charge in [-0.15, -0.1) is 0 Å². The van der Waals surface area contributed by atoms with Gasteiger partial charge in [0.1, 0.15) is 17.2 Å². The molecule has 3 aromatic carbocycles. The van der Waals surface area contributed by atoms with E-state index in [1.165, 1.54) is 4.90 Å². The summed E-state index contributed by atoms with van der Waals surface area (Å²) < 4.78 is 16.1. The van der Waals surface area contributed by atoms with Crippen molar-refractivity contribution in [2.75, 3.05) is 26.2 Å². The molecular formula is C31H27NO5. The average Bonchev–Trinajstić information content (AvgIpc) is 3.58. The summed E-state index contributed by atoms with van der Waals surface area (Å²) in [6.07, 6.45) is 4.21. The number of carbonyl (C=O) groups is 2. The molecule has 37 heavy (non-hydrogen) atoms. The molecule has 186 valence electrons. The molecule has 3 aliphatic rings. The summed E-state index contributed by atoms with van der Waals surface area (Å²) >= 11 is 0. The molecule has 3 aromatic rings. The molecule has 0 N–H and O–H groups in total. The van der Waals surface area contributed by atoms with Crippen molar-refractivity contribution in [3.05, 3.63) is 102 Å². The van der Waals surface area contributed by atoms with Crippen LogP contribution >= 0.6 is 0 Å². The zero-order valence-corrected chi connectivity index (χ0v) is 20.9. The van der Waals surface area contributed by atoms with Gasteiger partial charge in [-0.25, -0.2) is 4.90 Å². The maximum atomic E-state index is 13.8. The monoisotopic (exact) mass is 493 g/mol. The van der Waals surface area contributed by atoms with Crippen LogP contribution in [0.4, 0.5) is 5.69 Å². The van der Waals surface area contributed by atoms with Gasteiger partial charge in [-0.05, 0) is 58.7 Å². The van der Waals surface area contributed by atoms with E-state index in [0.29, 0.717) is 11.4 Å². The predicted molar refractivity (Wildman–Crippen MR) is 141 cm³/mol. The van der Waals surface area contributed by atoms with E-state index >= 15 is 0 Å². The second-order valence-electron chi connectivity index (χ2n) is 9.49. The van der Waals surface area contributed by atoms with Crippen LogP contribution in [0.5, 0.6) is 17.2 Å². The SMILES string of the molecule is COc1ccc(C(=C2[C@H]3C=C[C@H]2[C@@H]2C(=O)N(c4cccc(OC)c4)C(=O)[C@H]23)c2ccc(OC)cc2)cc1. The minimum absolute atomic E-state index is 0.151. The second kappa shape index (κ2) is 8.96. The molecule has 2 bridgehead atoms. The number of allylic oxidation sites excluding steroid dienone is 3. The van der Waals surface area contributed by atoms with E-state index in [9.17, 15) is 9.59 Å². The van der Waals surface area contributed by atoms with Gasteiger partial charge in [-0.1, -0.05) is 42.5 Å². The van der Waals surface area contributed by atoms with Crippen molar-refractivity contribution in [3.63, 3.8) is 0 Å². The van der Waals surface area contributed by atoms with E-state index in [2.05, 4.69) is 12.2 Å². The Morgan fingerprint density at radius 3 is 1.59 bits per heavy atom. The standard InChI is InChI=1S/C31H27NO5/c1-35-21-11-7-18(8-12-21)26(19-9-13-22(36-2)14-10-19)27-24-15-16-25(27)29-28(24)30(33)32(31(29)34)20-5-4-6-23(17-20)37-3/h4-17,24-25,28-29H,1-3H3/t24-,25-,28+,29+/m1/s1. The highest BCUT2D eigenvalue weighted by Crippen LogP contribution is 2.59. The predicted octanol–water partition coefficient (Wildman–Crippen LogP) is 5.14. The van der Waals surface area contributed by atoms with Crippen molar-refractivity contribution in [1.82, 2.24) is 0 Å². The first-order chi connectivity index (χ1) is 18.0. The van der Waals surface area contributed by atoms with Gasteiger partial charge in [0.2, 0.25) is 11.8 Å². The fraction of sp³-hybridized carbons (Fsp3) is 0.226. The molecule has 1 aliphatic heterocycles. The van der Waals surface area contributed by atoms with Gasteiger partial charge in [0, 0.05) is 17.9 Å². The Morgan fingerprint density at radius 1 is 0.649 bits per heavy atom. The molecule has 0 unspecified atom stereocenters. The highest BCUT2D eigenvalue weighted by atomic mass is 16.5. The first-order valence-corrected chi connectivity index (χ1v) is 12.3. The maximum absolute atomic E-state index is 13.8. The summed E-state index contributed by atoms with van der Waals surface area (Å²) in [4.78, 5) is 28.9. The number of hydrogen-bond donors (Lipinski definition) is 0. The molecule has 6 rings (SSSR count). The molecule has 0 spiro atoms. The number of benzene rings is 3. The number of rotatable bonds is 6. The van der Waals surface area contributed by atoms with Crippen LogP contribution in [0.25, 0.3) is 5.57 Å². The Balaban J connectivity index is 1.46. The number of carbonyl (C=O) groups excluding carboxylic acids is 2. The van der Waals surface area contributed by atoms with Crippen LogP contribution in [0.15, 0.2) is 90.5 Å². The third-order valence-corrected chi connectivity index (χ3v) is 7.77. The molecule has 4 atom stereocenters. The highest BCUT2D eigenvalue weighted by molar-refractivity contribution is 6.23. The zero-order valence-electron chi connectivity index (χ0n) is 20.9. The van der Waals surface area contributed by atoms with E-state index in [0.717, 1.165) is 33.8 Å². The number of methoxy groups -OCH3 is 3. The van der Waals surface area contributed by atoms with E-state index < -0.39 is 11.8 Å². The lowest BCUT2D eigenvalue weighted by Gasteiger charge is -2.22. The Bertz CT molecular complexity index is 1350. The van der Waals surface area contributed by atoms with Crippen molar-refractivity contribution in [2.45, 2.75) is 0 Å². The second-order valence-corrected chi connectivity index (χ2v) is 9.49. The van der Waals surface area contributed by atoms with Gasteiger partial charge in [-0.3, -0.25) is 9.59 Å². The lowest BCUT2D eigenvalue weighted by atomic mass is 9.85. The minimum Gasteiger partial charge on any atom is -0.497 e. The largest absolute Gasteiger partial charge is 0.497 e. The van der Waals surface area contributed by atoms with Crippen LogP contribution in [-0.4, -0.2) is 33.1 Å². The summed E-state index contributed by atoms with van der Waals surface area (Å²) in [6.45, 7) is 0. The fourth-order valence-corrected chi connectivity index (χ4v) is 6.12. The van der Waals surface area contributed by atoms with Crippen molar-refractivity contribution >= 4 is 23.1 Å². The van der Waals surface area contributed by atoms with Gasteiger partial charge in [0.25, 0.3) is 0 Å². The Hall–Kier alpha value is -4.32. The third kappa shape index (κ3) is 3.55. The number of hydrogen-bond acceptors (Lipinski definition) is 5. The van der Waals surface area contributed by atoms with E-state index in [1.54, 1.807) is 45.6 Å². The van der Waals surface area contributed by atoms with E-state index in [-0.39, 0.29) is 23.7 Å². The molecule has 1 heterocycles. The van der Waals surface area contributed by atoms with Crippen LogP contribution in [0.2, 0.25) is 0 Å². The quantitative estimate of drug-likeness (QED) is 0.352. The zero-order chi connectivity index (χ0) is 25.7. The smallest absolute Gasteiger partial charge is 0.238 e. The topological polar surface area (TPSA) is 65.1 Å². The van der Waals surface area contributed by atoms with Crippen molar-refractivity contribution in [3.8, 4) is 17.2 Å². The molecule has 0 radical (unpaired) electrons. The molecule has 1 saturated heterocycles. The Morgan fingerprint density at radius 2 is 1.14 bits per heavy atom. The van der Waals surface area contributed by atoms with E-state index in [1.807, 2.05) is 48.5 Å². The lowest BCUT2D eigenvalue weighted by Crippen LogP contribution is -2.33. The first kappa shape index (κ1) is 23.1. The number of amides is 2. The highest BCUT2D eigenvalue weighted by Gasteiger charge is 2.62. The molecule has 6 heteroatoms. The fourth-order valence-electron chi connectivity index (χ4n) is 6.12. The average molecular weight is 494 g/mol. The van der Waals surface area contributed by atoms with Crippen LogP contribution in [-0.2, 0) is 9.59 Å². The van der Waals surface area contributed by atoms with Crippen LogP contribution < -0.4 is 19.1 Å². The summed E-state index contributed by atoms with van der Waals surface area (Å²) in [7, 11) is 4.86. The van der Waals surface area contributed by atoms with Gasteiger partial charge in [0.05, 0.1) is 38.9 Å². The van der Waals surface area contributed by atoms with Crippen LogP contribution in [0, 0.1) is 23.7 Å². The van der Waals surface area contributed by atoms with Gasteiger partial charge in [0.15, 0.2) is 0 Å². The van der Waals surface area contributed by atoms with Crippen LogP contribution in [0.3, 0.4) is 0 Å². The van der Waals surface area contributed by atoms with Crippen molar-refractivity contribution < 1.29 is 23.8 Å². The van der Waals surface area contributed by atoms with Gasteiger partial charge < -0.3 is 14.2 Å². The number of nitrogens with zero attached hydrogens (tertiary/aromatic N) is 1. The third-order valence-electron chi connectivity index (χ3n) is 7.77. The molecule has 2 amide bonds. The summed E-state index contributed by atoms with van der Waals surface area (Å²) in [6, 6.07) is 23.0. The molecule has 6 nitrogen and oxygen atoms in total. The molecule has 0 aromatic heterocycles. The van der Waals surface area contributed by atoms with E-state index in [4.69, 9.17) is 14.2 Å².